The van der Waals surface area contributed by atoms with Crippen LogP contribution in [0.25, 0.3) is 0 Å². The van der Waals surface area contributed by atoms with E-state index >= 15 is 0 Å². The predicted octanol–water partition coefficient (Wildman–Crippen LogP) is 2.01. The van der Waals surface area contributed by atoms with Gasteiger partial charge in [0.05, 0.1) is 4.90 Å². The number of sulfonamides is 1. The summed E-state index contributed by atoms with van der Waals surface area (Å²) in [5.74, 6) is -0.189. The molecule has 0 fully saturated rings. The number of phenols is 1. The van der Waals surface area contributed by atoms with E-state index in [1.165, 1.54) is 24.3 Å². The van der Waals surface area contributed by atoms with Gasteiger partial charge >= 0.3 is 0 Å². The van der Waals surface area contributed by atoms with Crippen LogP contribution < -0.4 is 10.0 Å². The van der Waals surface area contributed by atoms with E-state index in [1.54, 1.807) is 31.2 Å². The van der Waals surface area contributed by atoms with E-state index in [4.69, 9.17) is 0 Å². The molecule has 0 heterocycles. The summed E-state index contributed by atoms with van der Waals surface area (Å²) in [7, 11) is -3.61. The highest BCUT2D eigenvalue weighted by Gasteiger charge is 2.13. The fourth-order valence-corrected chi connectivity index (χ4v) is 3.04. The SMILES string of the molecule is Cc1cc(O)ccc1NC(=O)CCNS(=O)(=O)c1ccccc1. The quantitative estimate of drug-likeness (QED) is 0.704. The number of amides is 1. The Kier molecular flexibility index (Phi) is 5.36. The summed E-state index contributed by atoms with van der Waals surface area (Å²) in [5.41, 5.74) is 1.31. The van der Waals surface area contributed by atoms with Crippen LogP contribution in [0, 0.1) is 6.92 Å². The molecular weight excluding hydrogens is 316 g/mol. The molecule has 0 atom stereocenters. The lowest BCUT2D eigenvalue weighted by Gasteiger charge is -2.09. The van der Waals surface area contributed by atoms with Gasteiger partial charge in [0.25, 0.3) is 0 Å². The van der Waals surface area contributed by atoms with Crippen molar-refractivity contribution >= 4 is 21.6 Å². The number of benzene rings is 2. The average molecular weight is 334 g/mol. The Morgan fingerprint density at radius 3 is 2.48 bits per heavy atom. The maximum atomic E-state index is 12.0. The Balaban J connectivity index is 1.88. The van der Waals surface area contributed by atoms with E-state index in [2.05, 4.69) is 10.0 Å². The fraction of sp³-hybridized carbons (Fsp3) is 0.188. The number of carbonyl (C=O) groups excluding carboxylic acids is 1. The van der Waals surface area contributed by atoms with Crippen molar-refractivity contribution in [3.05, 3.63) is 54.1 Å². The molecule has 23 heavy (non-hydrogen) atoms. The Morgan fingerprint density at radius 1 is 1.13 bits per heavy atom. The van der Waals surface area contributed by atoms with E-state index in [1.807, 2.05) is 0 Å². The van der Waals surface area contributed by atoms with Crippen molar-refractivity contribution in [2.75, 3.05) is 11.9 Å². The first-order chi connectivity index (χ1) is 10.9. The maximum Gasteiger partial charge on any atom is 0.240 e. The molecular formula is C16H18N2O4S. The van der Waals surface area contributed by atoms with Gasteiger partial charge in [-0.1, -0.05) is 18.2 Å². The van der Waals surface area contributed by atoms with Crippen LogP contribution in [-0.4, -0.2) is 26.0 Å². The predicted molar refractivity (Wildman–Crippen MR) is 87.7 cm³/mol. The molecule has 0 saturated carbocycles. The van der Waals surface area contributed by atoms with Crippen molar-refractivity contribution in [3.63, 3.8) is 0 Å². The van der Waals surface area contributed by atoms with Gasteiger partial charge in [0.1, 0.15) is 5.75 Å². The van der Waals surface area contributed by atoms with E-state index < -0.39 is 10.0 Å². The lowest BCUT2D eigenvalue weighted by molar-refractivity contribution is -0.116. The van der Waals surface area contributed by atoms with Crippen LogP contribution in [0.3, 0.4) is 0 Å². The standard InChI is InChI=1S/C16H18N2O4S/c1-12-11-13(19)7-8-15(12)18-16(20)9-10-17-23(21,22)14-5-3-2-4-6-14/h2-8,11,17,19H,9-10H2,1H3,(H,18,20). The molecule has 2 rings (SSSR count). The first kappa shape index (κ1) is 17.0. The van der Waals surface area contributed by atoms with Gasteiger partial charge in [0.15, 0.2) is 0 Å². The van der Waals surface area contributed by atoms with Crippen LogP contribution in [0.2, 0.25) is 0 Å². The third kappa shape index (κ3) is 4.80. The first-order valence-electron chi connectivity index (χ1n) is 7.03. The van der Waals surface area contributed by atoms with Gasteiger partial charge in [-0.2, -0.15) is 0 Å². The fourth-order valence-electron chi connectivity index (χ4n) is 1.98. The van der Waals surface area contributed by atoms with E-state index in [0.717, 1.165) is 5.56 Å². The highest BCUT2D eigenvalue weighted by Crippen LogP contribution is 2.20. The van der Waals surface area contributed by atoms with Crippen LogP contribution in [0.15, 0.2) is 53.4 Å². The molecule has 7 heteroatoms. The van der Waals surface area contributed by atoms with E-state index in [-0.39, 0.29) is 29.5 Å². The van der Waals surface area contributed by atoms with Gasteiger partial charge in [-0.3, -0.25) is 4.79 Å². The van der Waals surface area contributed by atoms with Crippen molar-refractivity contribution in [3.8, 4) is 5.75 Å². The molecule has 0 aliphatic heterocycles. The third-order valence-electron chi connectivity index (χ3n) is 3.18. The summed E-state index contributed by atoms with van der Waals surface area (Å²) < 4.78 is 26.4. The number of hydrogen-bond donors (Lipinski definition) is 3. The summed E-state index contributed by atoms with van der Waals surface area (Å²) >= 11 is 0. The van der Waals surface area contributed by atoms with Gasteiger partial charge in [0, 0.05) is 18.7 Å². The number of nitrogens with one attached hydrogen (secondary N) is 2. The normalized spacial score (nSPS) is 11.2. The monoisotopic (exact) mass is 334 g/mol. The Labute approximate surface area is 135 Å². The molecule has 122 valence electrons. The zero-order valence-corrected chi connectivity index (χ0v) is 13.4. The number of hydrogen-bond acceptors (Lipinski definition) is 4. The zero-order valence-electron chi connectivity index (χ0n) is 12.6. The minimum atomic E-state index is -3.61. The topological polar surface area (TPSA) is 95.5 Å². The minimum Gasteiger partial charge on any atom is -0.508 e. The molecule has 0 aromatic heterocycles. The van der Waals surface area contributed by atoms with Gasteiger partial charge in [-0.05, 0) is 42.8 Å². The summed E-state index contributed by atoms with van der Waals surface area (Å²) in [6, 6.07) is 12.6. The van der Waals surface area contributed by atoms with Crippen LogP contribution in [-0.2, 0) is 14.8 Å². The number of aromatic hydroxyl groups is 1. The Hall–Kier alpha value is -2.38. The second kappa shape index (κ2) is 7.26. The molecule has 0 aliphatic rings. The molecule has 0 unspecified atom stereocenters. The second-order valence-corrected chi connectivity index (χ2v) is 6.78. The number of phenolic OH excluding ortho intramolecular Hbond substituents is 1. The van der Waals surface area contributed by atoms with E-state index in [0.29, 0.717) is 5.69 Å². The van der Waals surface area contributed by atoms with Gasteiger partial charge in [-0.15, -0.1) is 0 Å². The smallest absolute Gasteiger partial charge is 0.240 e. The Morgan fingerprint density at radius 2 is 1.83 bits per heavy atom. The third-order valence-corrected chi connectivity index (χ3v) is 4.66. The molecule has 2 aromatic rings. The van der Waals surface area contributed by atoms with Crippen molar-refractivity contribution in [1.29, 1.82) is 0 Å². The summed E-state index contributed by atoms with van der Waals surface area (Å²) in [4.78, 5) is 12.0. The second-order valence-electron chi connectivity index (χ2n) is 5.01. The number of anilines is 1. The molecule has 3 N–H and O–H groups in total. The number of carbonyl (C=O) groups is 1. The molecule has 1 amide bonds. The summed E-state index contributed by atoms with van der Waals surface area (Å²) in [6.45, 7) is 1.76. The molecule has 0 radical (unpaired) electrons. The van der Waals surface area contributed by atoms with Crippen molar-refractivity contribution in [2.24, 2.45) is 0 Å². The van der Waals surface area contributed by atoms with Crippen LogP contribution in [0.1, 0.15) is 12.0 Å². The molecule has 2 aromatic carbocycles. The van der Waals surface area contributed by atoms with E-state index in [9.17, 15) is 18.3 Å². The van der Waals surface area contributed by atoms with Gasteiger partial charge in [0.2, 0.25) is 15.9 Å². The summed E-state index contributed by atoms with van der Waals surface area (Å²) in [6.07, 6.45) is 0.00633. The first-order valence-corrected chi connectivity index (χ1v) is 8.51. The highest BCUT2D eigenvalue weighted by atomic mass is 32.2. The largest absolute Gasteiger partial charge is 0.508 e. The number of rotatable bonds is 6. The van der Waals surface area contributed by atoms with Gasteiger partial charge < -0.3 is 10.4 Å². The van der Waals surface area contributed by atoms with Crippen molar-refractivity contribution in [1.82, 2.24) is 4.72 Å². The molecule has 0 spiro atoms. The maximum absolute atomic E-state index is 12.0. The van der Waals surface area contributed by atoms with Crippen LogP contribution >= 0.6 is 0 Å². The van der Waals surface area contributed by atoms with Gasteiger partial charge in [-0.25, -0.2) is 13.1 Å². The molecule has 0 aliphatic carbocycles. The molecule has 6 nitrogen and oxygen atoms in total. The van der Waals surface area contributed by atoms with Crippen LogP contribution in [0.5, 0.6) is 5.75 Å². The van der Waals surface area contributed by atoms with Crippen molar-refractivity contribution in [2.45, 2.75) is 18.2 Å². The Bertz CT molecular complexity index is 789. The lowest BCUT2D eigenvalue weighted by Crippen LogP contribution is -2.27. The van der Waals surface area contributed by atoms with Crippen LogP contribution in [0.4, 0.5) is 5.69 Å². The molecule has 0 saturated heterocycles. The lowest BCUT2D eigenvalue weighted by atomic mass is 10.2. The average Bonchev–Trinajstić information content (AvgIpc) is 2.51. The minimum absolute atomic E-state index is 0.000191. The molecule has 0 bridgehead atoms. The highest BCUT2D eigenvalue weighted by molar-refractivity contribution is 7.89. The summed E-state index contributed by atoms with van der Waals surface area (Å²) in [5, 5.41) is 12.0. The number of aryl methyl sites for hydroxylation is 1. The van der Waals surface area contributed by atoms with Crippen molar-refractivity contribution < 1.29 is 18.3 Å². The zero-order chi connectivity index (χ0) is 16.9.